The fraction of sp³-hybridized carbons (Fsp3) is 0.462. The highest BCUT2D eigenvalue weighted by molar-refractivity contribution is 5.72. The van der Waals surface area contributed by atoms with Gasteiger partial charge in [-0.05, 0) is 17.9 Å². The molecule has 0 N–H and O–H groups in total. The number of benzene rings is 1. The molecule has 0 heterocycles. The first-order valence-electron chi connectivity index (χ1n) is 5.27. The van der Waals surface area contributed by atoms with Gasteiger partial charge in [-0.15, -0.1) is 0 Å². The molecule has 1 atom stereocenters. The first kappa shape index (κ1) is 11.8. The van der Waals surface area contributed by atoms with Crippen molar-refractivity contribution >= 4 is 5.97 Å². The van der Waals surface area contributed by atoms with Crippen LogP contribution in [0.15, 0.2) is 30.3 Å². The maximum Gasteiger partial charge on any atom is 0.309 e. The third kappa shape index (κ3) is 3.39. The molecule has 0 spiro atoms. The molecule has 82 valence electrons. The zero-order valence-corrected chi connectivity index (χ0v) is 9.57. The van der Waals surface area contributed by atoms with E-state index in [0.717, 1.165) is 6.42 Å². The van der Waals surface area contributed by atoms with E-state index in [9.17, 15) is 4.79 Å². The Hall–Kier alpha value is -1.31. The van der Waals surface area contributed by atoms with Gasteiger partial charge in [-0.3, -0.25) is 4.79 Å². The second-order valence-electron chi connectivity index (χ2n) is 4.06. The van der Waals surface area contributed by atoms with Gasteiger partial charge >= 0.3 is 5.97 Å². The summed E-state index contributed by atoms with van der Waals surface area (Å²) in [7, 11) is 1.45. The van der Waals surface area contributed by atoms with Crippen molar-refractivity contribution in [2.75, 3.05) is 7.11 Å². The van der Waals surface area contributed by atoms with Crippen molar-refractivity contribution in [2.45, 2.75) is 20.3 Å². The lowest BCUT2D eigenvalue weighted by Crippen LogP contribution is -2.23. The fourth-order valence-electron chi connectivity index (χ4n) is 1.61. The molecule has 0 aliphatic rings. The average molecular weight is 206 g/mol. The van der Waals surface area contributed by atoms with Gasteiger partial charge in [0.2, 0.25) is 0 Å². The van der Waals surface area contributed by atoms with Gasteiger partial charge in [0.25, 0.3) is 0 Å². The number of rotatable bonds is 4. The normalized spacial score (nSPS) is 12.5. The van der Waals surface area contributed by atoms with Crippen LogP contribution in [0.25, 0.3) is 0 Å². The molecule has 1 aromatic carbocycles. The Bertz CT molecular complexity index is 304. The van der Waals surface area contributed by atoms with Gasteiger partial charge in [0.15, 0.2) is 0 Å². The van der Waals surface area contributed by atoms with Gasteiger partial charge < -0.3 is 4.74 Å². The second kappa shape index (κ2) is 5.54. The lowest BCUT2D eigenvalue weighted by Gasteiger charge is -2.18. The number of carbonyl (C=O) groups excluding carboxylic acids is 1. The van der Waals surface area contributed by atoms with Crippen LogP contribution in [0.1, 0.15) is 19.4 Å². The lowest BCUT2D eigenvalue weighted by molar-refractivity contribution is -0.146. The molecule has 0 saturated carbocycles. The van der Waals surface area contributed by atoms with Crippen LogP contribution in [0.3, 0.4) is 0 Å². The Morgan fingerprint density at radius 3 is 2.33 bits per heavy atom. The van der Waals surface area contributed by atoms with E-state index in [1.165, 1.54) is 12.7 Å². The summed E-state index contributed by atoms with van der Waals surface area (Å²) >= 11 is 0. The van der Waals surface area contributed by atoms with Crippen molar-refractivity contribution in [3.05, 3.63) is 35.9 Å². The molecular weight excluding hydrogens is 188 g/mol. The lowest BCUT2D eigenvalue weighted by atomic mass is 9.89. The molecule has 0 fully saturated rings. The number of methoxy groups -OCH3 is 1. The number of hydrogen-bond donors (Lipinski definition) is 0. The Labute approximate surface area is 91.3 Å². The zero-order valence-electron chi connectivity index (χ0n) is 9.57. The van der Waals surface area contributed by atoms with Crippen molar-refractivity contribution < 1.29 is 9.53 Å². The fourth-order valence-corrected chi connectivity index (χ4v) is 1.61. The van der Waals surface area contributed by atoms with Crippen LogP contribution in [-0.4, -0.2) is 13.1 Å². The van der Waals surface area contributed by atoms with Gasteiger partial charge in [0.05, 0.1) is 13.0 Å². The number of hydrogen-bond acceptors (Lipinski definition) is 2. The largest absolute Gasteiger partial charge is 0.469 e. The zero-order chi connectivity index (χ0) is 11.3. The molecule has 0 unspecified atom stereocenters. The molecule has 0 aromatic heterocycles. The molecule has 0 bridgehead atoms. The summed E-state index contributed by atoms with van der Waals surface area (Å²) in [5.41, 5.74) is 1.18. The van der Waals surface area contributed by atoms with Crippen molar-refractivity contribution in [1.29, 1.82) is 0 Å². The van der Waals surface area contributed by atoms with E-state index in [4.69, 9.17) is 4.74 Å². The molecular formula is C13H18O2. The first-order valence-corrected chi connectivity index (χ1v) is 5.27. The standard InChI is InChI=1S/C13H18O2/c1-10(2)12(13(14)15-3)9-11-7-5-4-6-8-11/h4-8,10,12H,9H2,1-3H3/t12-/m0/s1. The van der Waals surface area contributed by atoms with Crippen LogP contribution < -0.4 is 0 Å². The van der Waals surface area contributed by atoms with E-state index in [-0.39, 0.29) is 11.9 Å². The summed E-state index contributed by atoms with van der Waals surface area (Å²) in [5, 5.41) is 0. The summed E-state index contributed by atoms with van der Waals surface area (Å²) < 4.78 is 4.81. The van der Waals surface area contributed by atoms with Crippen molar-refractivity contribution in [3.63, 3.8) is 0 Å². The molecule has 0 amide bonds. The third-order valence-corrected chi connectivity index (χ3v) is 2.61. The summed E-state index contributed by atoms with van der Waals surface area (Å²) in [4.78, 5) is 11.5. The summed E-state index contributed by atoms with van der Waals surface area (Å²) in [6, 6.07) is 10.0. The molecule has 0 radical (unpaired) electrons. The highest BCUT2D eigenvalue weighted by Crippen LogP contribution is 2.18. The van der Waals surface area contributed by atoms with Crippen LogP contribution in [0.5, 0.6) is 0 Å². The molecule has 15 heavy (non-hydrogen) atoms. The van der Waals surface area contributed by atoms with Gasteiger partial charge in [-0.1, -0.05) is 44.2 Å². The molecule has 2 heteroatoms. The van der Waals surface area contributed by atoms with Crippen LogP contribution in [-0.2, 0) is 16.0 Å². The maximum absolute atomic E-state index is 11.5. The van der Waals surface area contributed by atoms with E-state index in [1.807, 2.05) is 44.2 Å². The Balaban J connectivity index is 2.72. The molecule has 2 nitrogen and oxygen atoms in total. The van der Waals surface area contributed by atoms with E-state index in [1.54, 1.807) is 0 Å². The Morgan fingerprint density at radius 2 is 1.87 bits per heavy atom. The van der Waals surface area contributed by atoms with Gasteiger partial charge in [0, 0.05) is 0 Å². The van der Waals surface area contributed by atoms with Crippen molar-refractivity contribution in [2.24, 2.45) is 11.8 Å². The van der Waals surface area contributed by atoms with Crippen LogP contribution in [0, 0.1) is 11.8 Å². The van der Waals surface area contributed by atoms with Gasteiger partial charge in [-0.2, -0.15) is 0 Å². The van der Waals surface area contributed by atoms with Gasteiger partial charge in [0.1, 0.15) is 0 Å². The predicted octanol–water partition coefficient (Wildman–Crippen LogP) is 2.67. The minimum atomic E-state index is -0.117. The van der Waals surface area contributed by atoms with E-state index < -0.39 is 0 Å². The molecule has 0 saturated heterocycles. The van der Waals surface area contributed by atoms with Crippen molar-refractivity contribution in [1.82, 2.24) is 0 Å². The Kier molecular flexibility index (Phi) is 4.35. The smallest absolute Gasteiger partial charge is 0.309 e. The first-order chi connectivity index (χ1) is 7.15. The summed E-state index contributed by atoms with van der Waals surface area (Å²) in [6.45, 7) is 4.09. The maximum atomic E-state index is 11.5. The number of carbonyl (C=O) groups is 1. The van der Waals surface area contributed by atoms with E-state index >= 15 is 0 Å². The Morgan fingerprint density at radius 1 is 1.27 bits per heavy atom. The average Bonchev–Trinajstić information content (AvgIpc) is 2.26. The van der Waals surface area contributed by atoms with E-state index in [2.05, 4.69) is 0 Å². The SMILES string of the molecule is COC(=O)[C@@H](Cc1ccccc1)C(C)C. The summed E-state index contributed by atoms with van der Waals surface area (Å²) in [6.07, 6.45) is 0.755. The monoisotopic (exact) mass is 206 g/mol. The van der Waals surface area contributed by atoms with Crippen LogP contribution in [0.2, 0.25) is 0 Å². The minimum Gasteiger partial charge on any atom is -0.469 e. The molecule has 1 rings (SSSR count). The predicted molar refractivity (Wildman–Crippen MR) is 60.5 cm³/mol. The highest BCUT2D eigenvalue weighted by atomic mass is 16.5. The molecule has 0 aliphatic carbocycles. The third-order valence-electron chi connectivity index (χ3n) is 2.61. The van der Waals surface area contributed by atoms with E-state index in [0.29, 0.717) is 5.92 Å². The molecule has 0 aliphatic heterocycles. The van der Waals surface area contributed by atoms with Crippen molar-refractivity contribution in [3.8, 4) is 0 Å². The van der Waals surface area contributed by atoms with Crippen LogP contribution >= 0.6 is 0 Å². The summed E-state index contributed by atoms with van der Waals surface area (Å²) in [5.74, 6) is 0.143. The second-order valence-corrected chi connectivity index (χ2v) is 4.06. The quantitative estimate of drug-likeness (QED) is 0.708. The number of esters is 1. The van der Waals surface area contributed by atoms with Gasteiger partial charge in [-0.25, -0.2) is 0 Å². The minimum absolute atomic E-state index is 0.0441. The highest BCUT2D eigenvalue weighted by Gasteiger charge is 2.22. The topological polar surface area (TPSA) is 26.3 Å². The molecule has 1 aromatic rings. The van der Waals surface area contributed by atoms with Crippen LogP contribution in [0.4, 0.5) is 0 Å². The number of ether oxygens (including phenoxy) is 1.